The van der Waals surface area contributed by atoms with Gasteiger partial charge in [0.2, 0.25) is 0 Å². The number of aryl methyl sites for hydroxylation is 1. The maximum atomic E-state index is 4.59. The average molecular weight is 247 g/mol. The van der Waals surface area contributed by atoms with E-state index in [-0.39, 0.29) is 0 Å². The lowest BCUT2D eigenvalue weighted by Crippen LogP contribution is -2.09. The maximum absolute atomic E-state index is 4.59. The molecule has 0 aliphatic heterocycles. The zero-order valence-electron chi connectivity index (χ0n) is 11.3. The summed E-state index contributed by atoms with van der Waals surface area (Å²) in [6.45, 7) is 5.10. The third-order valence-corrected chi connectivity index (χ3v) is 3.14. The second-order valence-corrected chi connectivity index (χ2v) is 4.49. The summed E-state index contributed by atoms with van der Waals surface area (Å²) >= 11 is 0. The molecule has 0 saturated heterocycles. The number of rotatable bonds is 6. The number of nitrogens with one attached hydrogen (secondary N) is 1. The van der Waals surface area contributed by atoms with E-state index >= 15 is 0 Å². The molecule has 0 aliphatic rings. The Balaban J connectivity index is 1.94. The fourth-order valence-corrected chi connectivity index (χ4v) is 2.03. The molecule has 0 unspecified atom stereocenters. The minimum absolute atomic E-state index is 0.508. The Kier molecular flexibility index (Phi) is 4.02. The molecule has 1 N–H and O–H groups in total. The smallest absolute Gasteiger partial charge is 0.148 e. The Morgan fingerprint density at radius 3 is 2.56 bits per heavy atom. The van der Waals surface area contributed by atoms with Gasteiger partial charge in [0.25, 0.3) is 0 Å². The molecule has 0 radical (unpaired) electrons. The summed E-state index contributed by atoms with van der Waals surface area (Å²) in [7, 11) is 1.91. The third-order valence-electron chi connectivity index (χ3n) is 3.14. The molecule has 0 spiro atoms. The van der Waals surface area contributed by atoms with Gasteiger partial charge in [-0.25, -0.2) is 0 Å². The van der Waals surface area contributed by atoms with Crippen molar-refractivity contribution in [2.75, 3.05) is 5.32 Å². The van der Waals surface area contributed by atoms with Crippen LogP contribution in [0.1, 0.15) is 38.4 Å². The Morgan fingerprint density at radius 1 is 1.17 bits per heavy atom. The van der Waals surface area contributed by atoms with Crippen LogP contribution in [0.5, 0.6) is 0 Å². The molecular weight excluding hydrogens is 226 g/mol. The van der Waals surface area contributed by atoms with Crippen molar-refractivity contribution in [2.45, 2.75) is 39.3 Å². The molecule has 0 amide bonds. The van der Waals surface area contributed by atoms with Crippen LogP contribution in [0, 0.1) is 0 Å². The van der Waals surface area contributed by atoms with E-state index in [9.17, 15) is 0 Å². The van der Waals surface area contributed by atoms with Crippen molar-refractivity contribution < 1.29 is 0 Å². The lowest BCUT2D eigenvalue weighted by Gasteiger charge is -2.12. The summed E-state index contributed by atoms with van der Waals surface area (Å²) in [5, 5.41) is 12.1. The van der Waals surface area contributed by atoms with Gasteiger partial charge in [-0.2, -0.15) is 10.2 Å². The maximum Gasteiger partial charge on any atom is 0.148 e. The first kappa shape index (κ1) is 12.7. The molecule has 0 aromatic carbocycles. The lowest BCUT2D eigenvalue weighted by molar-refractivity contribution is 0.426. The highest BCUT2D eigenvalue weighted by atomic mass is 15.3. The highest BCUT2D eigenvalue weighted by Crippen LogP contribution is 2.14. The van der Waals surface area contributed by atoms with Gasteiger partial charge in [0, 0.05) is 25.5 Å². The van der Waals surface area contributed by atoms with Gasteiger partial charge < -0.3 is 5.32 Å². The van der Waals surface area contributed by atoms with Crippen molar-refractivity contribution in [2.24, 2.45) is 7.05 Å². The van der Waals surface area contributed by atoms with Gasteiger partial charge in [-0.1, -0.05) is 13.8 Å². The minimum atomic E-state index is 0.508. The van der Waals surface area contributed by atoms with Crippen LogP contribution >= 0.6 is 0 Å². The molecule has 0 aliphatic carbocycles. The molecular formula is C13H21N5. The van der Waals surface area contributed by atoms with Crippen molar-refractivity contribution in [1.29, 1.82) is 0 Å². The first-order valence-electron chi connectivity index (χ1n) is 6.50. The van der Waals surface area contributed by atoms with Crippen LogP contribution in [0.3, 0.4) is 0 Å². The van der Waals surface area contributed by atoms with E-state index in [0.717, 1.165) is 24.4 Å². The van der Waals surface area contributed by atoms with Gasteiger partial charge in [0.15, 0.2) is 0 Å². The Labute approximate surface area is 108 Å². The van der Waals surface area contributed by atoms with Crippen LogP contribution in [0.2, 0.25) is 0 Å². The van der Waals surface area contributed by atoms with Crippen molar-refractivity contribution in [3.63, 3.8) is 0 Å². The second kappa shape index (κ2) is 5.71. The molecule has 2 aromatic heterocycles. The zero-order valence-corrected chi connectivity index (χ0v) is 11.3. The molecule has 0 saturated carbocycles. The predicted octanol–water partition coefficient (Wildman–Crippen LogP) is 2.59. The molecule has 18 heavy (non-hydrogen) atoms. The molecule has 2 rings (SSSR count). The zero-order chi connectivity index (χ0) is 13.0. The van der Waals surface area contributed by atoms with E-state index < -0.39 is 0 Å². The van der Waals surface area contributed by atoms with E-state index in [0.29, 0.717) is 12.6 Å². The van der Waals surface area contributed by atoms with Gasteiger partial charge in [0.1, 0.15) is 5.82 Å². The van der Waals surface area contributed by atoms with Crippen molar-refractivity contribution in [3.05, 3.63) is 30.2 Å². The number of nitrogens with zero attached hydrogens (tertiary/aromatic N) is 4. The average Bonchev–Trinajstić information content (AvgIpc) is 2.98. The molecule has 0 fully saturated rings. The fourth-order valence-electron chi connectivity index (χ4n) is 2.03. The summed E-state index contributed by atoms with van der Waals surface area (Å²) in [6.07, 6.45) is 6.22. The number of hydrogen-bond donors (Lipinski definition) is 1. The molecule has 2 aromatic rings. The third kappa shape index (κ3) is 2.91. The first-order chi connectivity index (χ1) is 8.72. The van der Waals surface area contributed by atoms with E-state index in [4.69, 9.17) is 0 Å². The quantitative estimate of drug-likeness (QED) is 0.853. The van der Waals surface area contributed by atoms with Gasteiger partial charge in [0.05, 0.1) is 18.3 Å². The van der Waals surface area contributed by atoms with Crippen molar-refractivity contribution in [1.82, 2.24) is 19.6 Å². The van der Waals surface area contributed by atoms with Crippen LogP contribution in [0.15, 0.2) is 24.5 Å². The van der Waals surface area contributed by atoms with Gasteiger partial charge in [-0.05, 0) is 18.9 Å². The summed E-state index contributed by atoms with van der Waals surface area (Å²) < 4.78 is 3.85. The predicted molar refractivity (Wildman–Crippen MR) is 72.4 cm³/mol. The molecule has 2 heterocycles. The number of hydrogen-bond acceptors (Lipinski definition) is 3. The van der Waals surface area contributed by atoms with Gasteiger partial charge in [-0.3, -0.25) is 9.36 Å². The van der Waals surface area contributed by atoms with E-state index in [1.165, 1.54) is 0 Å². The van der Waals surface area contributed by atoms with Crippen molar-refractivity contribution >= 4 is 5.82 Å². The summed E-state index contributed by atoms with van der Waals surface area (Å²) in [5.74, 6) is 0.884. The number of aromatic nitrogens is 4. The SMILES string of the molecule is CCC(CC)n1ccc(CNc2ccn(C)n2)n1. The largest absolute Gasteiger partial charge is 0.363 e. The Bertz CT molecular complexity index is 481. The first-order valence-corrected chi connectivity index (χ1v) is 6.50. The second-order valence-electron chi connectivity index (χ2n) is 4.49. The normalized spacial score (nSPS) is 11.1. The van der Waals surface area contributed by atoms with E-state index in [1.54, 1.807) is 4.68 Å². The van der Waals surface area contributed by atoms with Crippen molar-refractivity contribution in [3.8, 4) is 0 Å². The van der Waals surface area contributed by atoms with Crippen LogP contribution < -0.4 is 5.32 Å². The minimum Gasteiger partial charge on any atom is -0.363 e. The lowest BCUT2D eigenvalue weighted by atomic mass is 10.2. The molecule has 0 bridgehead atoms. The van der Waals surface area contributed by atoms with Gasteiger partial charge in [-0.15, -0.1) is 0 Å². The topological polar surface area (TPSA) is 47.7 Å². The van der Waals surface area contributed by atoms with Crippen LogP contribution in [-0.2, 0) is 13.6 Å². The van der Waals surface area contributed by atoms with Gasteiger partial charge >= 0.3 is 0 Å². The fraction of sp³-hybridized carbons (Fsp3) is 0.538. The molecule has 98 valence electrons. The number of anilines is 1. The molecule has 0 atom stereocenters. The molecule has 5 nitrogen and oxygen atoms in total. The Hall–Kier alpha value is -1.78. The Morgan fingerprint density at radius 2 is 1.94 bits per heavy atom. The summed E-state index contributed by atoms with van der Waals surface area (Å²) in [5.41, 5.74) is 1.05. The summed E-state index contributed by atoms with van der Waals surface area (Å²) in [6, 6.07) is 4.53. The standard InChI is InChI=1S/C13H21N5/c1-4-12(5-2)18-9-6-11(15-18)10-14-13-7-8-17(3)16-13/h6-9,12H,4-5,10H2,1-3H3,(H,14,16). The monoisotopic (exact) mass is 247 g/mol. The molecule has 5 heteroatoms. The van der Waals surface area contributed by atoms with Crippen LogP contribution in [0.25, 0.3) is 0 Å². The highest BCUT2D eigenvalue weighted by molar-refractivity contribution is 5.32. The highest BCUT2D eigenvalue weighted by Gasteiger charge is 2.07. The van der Waals surface area contributed by atoms with Crippen LogP contribution in [0.4, 0.5) is 5.82 Å². The van der Waals surface area contributed by atoms with E-state index in [2.05, 4.69) is 46.3 Å². The van der Waals surface area contributed by atoms with E-state index in [1.807, 2.05) is 19.3 Å². The van der Waals surface area contributed by atoms with Crippen LogP contribution in [-0.4, -0.2) is 19.6 Å². The summed E-state index contributed by atoms with van der Waals surface area (Å²) in [4.78, 5) is 0.